The van der Waals surface area contributed by atoms with Crippen molar-refractivity contribution in [2.24, 2.45) is 29.4 Å². The number of hydrogen-bond acceptors (Lipinski definition) is 8. The van der Waals surface area contributed by atoms with Gasteiger partial charge in [-0.2, -0.15) is 0 Å². The molecule has 158 valence electrons. The Morgan fingerprint density at radius 1 is 1.13 bits per heavy atom. The molecule has 4 unspecified atom stereocenters. The van der Waals surface area contributed by atoms with E-state index in [9.17, 15) is 34.2 Å². The number of nitrogens with zero attached hydrogens (tertiary/aromatic N) is 1. The molecule has 1 amide bonds. The monoisotopic (exact) mass is 414 g/mol. The number of nitrogens with two attached hydrogens (primary N) is 1. The van der Waals surface area contributed by atoms with Gasteiger partial charge < -0.3 is 20.8 Å². The summed E-state index contributed by atoms with van der Waals surface area (Å²) in [4.78, 5) is 65.1. The summed E-state index contributed by atoms with van der Waals surface area (Å²) in [6.45, 7) is 0. The van der Waals surface area contributed by atoms with Crippen molar-refractivity contribution < 1.29 is 34.2 Å². The van der Waals surface area contributed by atoms with Crippen LogP contribution in [0.25, 0.3) is 0 Å². The van der Waals surface area contributed by atoms with Crippen LogP contribution in [0.2, 0.25) is 0 Å². The van der Waals surface area contributed by atoms with E-state index < -0.39 is 58.3 Å². The van der Waals surface area contributed by atoms with Gasteiger partial charge in [-0.3, -0.25) is 24.0 Å². The molecular weight excluding hydrogens is 392 g/mol. The first-order chi connectivity index (χ1) is 14.0. The Morgan fingerprint density at radius 3 is 2.40 bits per heavy atom. The van der Waals surface area contributed by atoms with Crippen LogP contribution >= 0.6 is 0 Å². The maximum absolute atomic E-state index is 13.3. The maximum Gasteiger partial charge on any atom is 0.235 e. The Morgan fingerprint density at radius 2 is 1.80 bits per heavy atom. The average Bonchev–Trinajstić information content (AvgIpc) is 2.64. The van der Waals surface area contributed by atoms with Crippen LogP contribution in [0.3, 0.4) is 0 Å². The summed E-state index contributed by atoms with van der Waals surface area (Å²) in [5, 5.41) is 21.4. The molecule has 30 heavy (non-hydrogen) atoms. The van der Waals surface area contributed by atoms with Crippen LogP contribution in [-0.4, -0.2) is 58.9 Å². The van der Waals surface area contributed by atoms with Crippen molar-refractivity contribution in [1.29, 1.82) is 0 Å². The highest BCUT2D eigenvalue weighted by molar-refractivity contribution is 6.31. The molecule has 0 saturated heterocycles. The number of benzene rings is 1. The summed E-state index contributed by atoms with van der Waals surface area (Å²) in [6, 6.07) is 3.04. The predicted molar refractivity (Wildman–Crippen MR) is 103 cm³/mol. The van der Waals surface area contributed by atoms with Crippen molar-refractivity contribution in [3.8, 4) is 5.75 Å². The summed E-state index contributed by atoms with van der Waals surface area (Å²) in [5.74, 6) is -9.93. The first kappa shape index (κ1) is 20.2. The third-order valence-electron chi connectivity index (χ3n) is 6.74. The molecule has 2 saturated carbocycles. The maximum atomic E-state index is 13.3. The fourth-order valence-corrected chi connectivity index (χ4v) is 5.37. The van der Waals surface area contributed by atoms with E-state index in [2.05, 4.69) is 0 Å². The van der Waals surface area contributed by atoms with Gasteiger partial charge in [0.2, 0.25) is 5.91 Å². The number of hydrogen-bond donors (Lipinski definition) is 3. The molecule has 3 aliphatic rings. The van der Waals surface area contributed by atoms with E-state index >= 15 is 0 Å². The van der Waals surface area contributed by atoms with E-state index in [0.29, 0.717) is 11.3 Å². The van der Waals surface area contributed by atoms with Gasteiger partial charge in [0.15, 0.2) is 34.7 Å². The number of carbonyl (C=O) groups is 5. The number of phenols is 1. The summed E-state index contributed by atoms with van der Waals surface area (Å²) < 4.78 is 0. The number of phenolic OH excluding ortho intramolecular Hbond substituents is 1. The van der Waals surface area contributed by atoms with E-state index in [0.717, 1.165) is 0 Å². The largest absolute Gasteiger partial charge is 0.507 e. The lowest BCUT2D eigenvalue weighted by atomic mass is 9.54. The predicted octanol–water partition coefficient (Wildman–Crippen LogP) is -0.607. The number of fused-ring (bicyclic) bond motifs is 3. The number of aliphatic hydroxyl groups is 1. The lowest BCUT2D eigenvalue weighted by molar-refractivity contribution is -0.175. The van der Waals surface area contributed by atoms with Crippen LogP contribution in [0.5, 0.6) is 5.75 Å². The average molecular weight is 414 g/mol. The fraction of sp³-hybridized carbons (Fsp3) is 0.476. The number of rotatable bonds is 2. The number of primary amides is 1. The molecule has 0 radical (unpaired) electrons. The van der Waals surface area contributed by atoms with Crippen LogP contribution in [0.4, 0.5) is 5.69 Å². The minimum absolute atomic E-state index is 0.00337. The Kier molecular flexibility index (Phi) is 4.36. The molecule has 4 rings (SSSR count). The van der Waals surface area contributed by atoms with Crippen LogP contribution < -0.4 is 10.6 Å². The second kappa shape index (κ2) is 6.46. The first-order valence-corrected chi connectivity index (χ1v) is 9.69. The Labute approximate surface area is 171 Å². The van der Waals surface area contributed by atoms with Crippen molar-refractivity contribution >= 4 is 34.7 Å². The number of Topliss-reactive ketones (excluding diaryl/α,β-unsaturated/α-hetero) is 4. The lowest BCUT2D eigenvalue weighted by Crippen LogP contribution is -2.68. The van der Waals surface area contributed by atoms with Crippen molar-refractivity contribution in [3.63, 3.8) is 0 Å². The van der Waals surface area contributed by atoms with E-state index in [-0.39, 0.29) is 30.6 Å². The Bertz CT molecular complexity index is 1030. The number of anilines is 1. The molecule has 9 heteroatoms. The van der Waals surface area contributed by atoms with Crippen LogP contribution in [0.15, 0.2) is 12.1 Å². The Hall–Kier alpha value is -3.07. The minimum Gasteiger partial charge on any atom is -0.507 e. The first-order valence-electron chi connectivity index (χ1n) is 9.69. The van der Waals surface area contributed by atoms with Gasteiger partial charge in [-0.15, -0.1) is 0 Å². The van der Waals surface area contributed by atoms with E-state index in [4.69, 9.17) is 5.73 Å². The molecule has 2 fully saturated rings. The van der Waals surface area contributed by atoms with Crippen molar-refractivity contribution in [2.75, 3.05) is 19.0 Å². The van der Waals surface area contributed by atoms with Crippen LogP contribution in [0.1, 0.15) is 28.8 Å². The van der Waals surface area contributed by atoms with E-state index in [1.54, 1.807) is 25.1 Å². The highest BCUT2D eigenvalue weighted by Gasteiger charge is 2.66. The second-order valence-corrected chi connectivity index (χ2v) is 8.59. The molecule has 0 bridgehead atoms. The third kappa shape index (κ3) is 2.48. The molecule has 1 aromatic rings. The third-order valence-corrected chi connectivity index (χ3v) is 6.74. The van der Waals surface area contributed by atoms with Crippen molar-refractivity contribution in [1.82, 2.24) is 0 Å². The lowest BCUT2D eigenvalue weighted by Gasteiger charge is -2.48. The van der Waals surface area contributed by atoms with Gasteiger partial charge in [0, 0.05) is 32.1 Å². The second-order valence-electron chi connectivity index (χ2n) is 8.59. The summed E-state index contributed by atoms with van der Waals surface area (Å²) in [5.41, 5.74) is 3.85. The highest BCUT2D eigenvalue weighted by atomic mass is 16.3. The summed E-state index contributed by atoms with van der Waals surface area (Å²) >= 11 is 0. The molecule has 4 N–H and O–H groups in total. The van der Waals surface area contributed by atoms with Crippen LogP contribution in [0, 0.1) is 23.7 Å². The van der Waals surface area contributed by atoms with E-state index in [1.165, 1.54) is 6.07 Å². The van der Waals surface area contributed by atoms with Gasteiger partial charge >= 0.3 is 0 Å². The zero-order valence-electron chi connectivity index (χ0n) is 16.5. The molecule has 1 aromatic carbocycles. The molecule has 9 nitrogen and oxygen atoms in total. The fourth-order valence-electron chi connectivity index (χ4n) is 5.37. The topological polar surface area (TPSA) is 155 Å². The normalized spacial score (nSPS) is 32.9. The number of aromatic hydroxyl groups is 1. The highest BCUT2D eigenvalue weighted by Crippen LogP contribution is 2.50. The molecule has 0 spiro atoms. The Balaban J connectivity index is 1.83. The molecular formula is C21H22N2O7. The van der Waals surface area contributed by atoms with Gasteiger partial charge in [0.05, 0.1) is 11.5 Å². The zero-order valence-corrected chi connectivity index (χ0v) is 16.5. The molecule has 3 aliphatic carbocycles. The number of ketones is 4. The van der Waals surface area contributed by atoms with Gasteiger partial charge in [0.1, 0.15) is 5.75 Å². The van der Waals surface area contributed by atoms with Gasteiger partial charge in [-0.1, -0.05) is 0 Å². The number of carbonyl (C=O) groups excluding carboxylic acids is 5. The SMILES string of the molecule is CN(C)c1ccc(O)c2c1CC1CC3CC(=O)C(C(N)=O)C(=O)[C@@]3(O)C(=O)C1C2=O. The summed E-state index contributed by atoms with van der Waals surface area (Å²) in [6.07, 6.45) is 0.0175. The molecule has 0 aromatic heterocycles. The smallest absolute Gasteiger partial charge is 0.235 e. The quantitative estimate of drug-likeness (QED) is 0.542. The van der Waals surface area contributed by atoms with Gasteiger partial charge in [-0.25, -0.2) is 0 Å². The van der Waals surface area contributed by atoms with Gasteiger partial charge in [0.25, 0.3) is 0 Å². The van der Waals surface area contributed by atoms with Crippen LogP contribution in [-0.2, 0) is 25.6 Å². The standard InChI is InChI=1S/C21H22N2O7/c1-23(2)11-3-4-12(24)15-10(11)6-8-5-9-7-13(25)16(20(22)29)19(28)21(9,30)18(27)14(8)17(15)26/h3-4,8-9,14,16,24,30H,5-7H2,1-2H3,(H2,22,29)/t8?,9?,14?,16?,21-/m0/s1. The molecule has 0 heterocycles. The van der Waals surface area contributed by atoms with E-state index in [1.807, 2.05) is 0 Å². The van der Waals surface area contributed by atoms with Gasteiger partial charge in [-0.05, 0) is 36.5 Å². The van der Waals surface area contributed by atoms with Crippen molar-refractivity contribution in [3.05, 3.63) is 23.3 Å². The van der Waals surface area contributed by atoms with Crippen molar-refractivity contribution in [2.45, 2.75) is 24.9 Å². The summed E-state index contributed by atoms with van der Waals surface area (Å²) in [7, 11) is 3.58. The number of amides is 1. The molecule has 5 atom stereocenters. The minimum atomic E-state index is -2.61. The zero-order chi connectivity index (χ0) is 22.1. The molecule has 0 aliphatic heterocycles.